The van der Waals surface area contributed by atoms with E-state index in [9.17, 15) is 5.11 Å². The molecule has 98 valence electrons. The molecular formula is C13H22O4. The Hall–Kier alpha value is -0.600. The molecule has 4 nitrogen and oxygen atoms in total. The van der Waals surface area contributed by atoms with Crippen LogP contribution in [0, 0.1) is 12.3 Å². The molecule has 0 spiro atoms. The third-order valence-electron chi connectivity index (χ3n) is 2.98. The first-order valence-corrected chi connectivity index (χ1v) is 6.16. The van der Waals surface area contributed by atoms with E-state index in [1.165, 1.54) is 7.11 Å². The van der Waals surface area contributed by atoms with Gasteiger partial charge in [-0.3, -0.25) is 0 Å². The summed E-state index contributed by atoms with van der Waals surface area (Å²) in [5, 5.41) is 10.1. The van der Waals surface area contributed by atoms with Crippen molar-refractivity contribution in [3.8, 4) is 12.3 Å². The van der Waals surface area contributed by atoms with Crippen molar-refractivity contribution in [2.24, 2.45) is 0 Å². The lowest BCUT2D eigenvalue weighted by Gasteiger charge is -2.18. The molecule has 0 aromatic carbocycles. The third-order valence-corrected chi connectivity index (χ3v) is 2.98. The molecule has 1 saturated heterocycles. The van der Waals surface area contributed by atoms with Crippen LogP contribution in [0.15, 0.2) is 0 Å². The lowest BCUT2D eigenvalue weighted by Crippen LogP contribution is -2.36. The predicted molar refractivity (Wildman–Crippen MR) is 64.4 cm³/mol. The summed E-state index contributed by atoms with van der Waals surface area (Å²) in [4.78, 5) is 0. The average molecular weight is 242 g/mol. The highest BCUT2D eigenvalue weighted by atomic mass is 16.7. The first-order chi connectivity index (χ1) is 8.24. The lowest BCUT2D eigenvalue weighted by molar-refractivity contribution is -0.159. The fourth-order valence-corrected chi connectivity index (χ4v) is 2.05. The van der Waals surface area contributed by atoms with Crippen molar-refractivity contribution in [1.82, 2.24) is 0 Å². The summed E-state index contributed by atoms with van der Waals surface area (Å²) in [5.74, 6) is 2.38. The Morgan fingerprint density at radius 2 is 2.18 bits per heavy atom. The number of terminal acetylenes is 1. The van der Waals surface area contributed by atoms with Gasteiger partial charge in [-0.25, -0.2) is 0 Å². The van der Waals surface area contributed by atoms with E-state index in [-0.39, 0.29) is 12.7 Å². The number of aliphatic hydroxyl groups excluding tert-OH is 1. The molecule has 0 amide bonds. The fraction of sp³-hybridized carbons (Fsp3) is 0.846. The molecule has 17 heavy (non-hydrogen) atoms. The van der Waals surface area contributed by atoms with Crippen LogP contribution in [0.1, 0.15) is 32.6 Å². The smallest absolute Gasteiger partial charge is 0.186 e. The van der Waals surface area contributed by atoms with E-state index in [1.54, 1.807) is 0 Å². The average Bonchev–Trinajstić information content (AvgIpc) is 2.64. The van der Waals surface area contributed by atoms with Gasteiger partial charge in [0, 0.05) is 7.11 Å². The van der Waals surface area contributed by atoms with Crippen LogP contribution in [0.4, 0.5) is 0 Å². The molecule has 0 saturated carbocycles. The van der Waals surface area contributed by atoms with Crippen molar-refractivity contribution in [3.63, 3.8) is 0 Å². The van der Waals surface area contributed by atoms with Crippen molar-refractivity contribution in [2.75, 3.05) is 13.7 Å². The standard InChI is InChI=1S/C13H22O4/c1-4-6-7-8-10-11(14)12(16-9-5-2)13(15-3)17-10/h2,10-14H,4,6-9H2,1,3H3/t10-,11-,12+,13+/m0/s1. The Kier molecular flexibility index (Phi) is 6.53. The van der Waals surface area contributed by atoms with Crippen LogP contribution in [0.25, 0.3) is 0 Å². The summed E-state index contributed by atoms with van der Waals surface area (Å²) in [6.45, 7) is 2.30. The fourth-order valence-electron chi connectivity index (χ4n) is 2.05. The van der Waals surface area contributed by atoms with Gasteiger partial charge >= 0.3 is 0 Å². The van der Waals surface area contributed by atoms with E-state index in [2.05, 4.69) is 12.8 Å². The summed E-state index contributed by atoms with van der Waals surface area (Å²) in [5.41, 5.74) is 0. The normalized spacial score (nSPS) is 32.6. The summed E-state index contributed by atoms with van der Waals surface area (Å²) < 4.78 is 16.1. The van der Waals surface area contributed by atoms with Crippen LogP contribution < -0.4 is 0 Å². The highest BCUT2D eigenvalue weighted by molar-refractivity contribution is 4.90. The Morgan fingerprint density at radius 1 is 1.41 bits per heavy atom. The van der Waals surface area contributed by atoms with E-state index in [1.807, 2.05) is 0 Å². The van der Waals surface area contributed by atoms with Gasteiger partial charge in [0.1, 0.15) is 18.8 Å². The van der Waals surface area contributed by atoms with Gasteiger partial charge in [0.15, 0.2) is 6.29 Å². The Morgan fingerprint density at radius 3 is 2.76 bits per heavy atom. The number of rotatable bonds is 7. The number of methoxy groups -OCH3 is 1. The van der Waals surface area contributed by atoms with Crippen LogP contribution in [0.3, 0.4) is 0 Å². The number of hydrogen-bond donors (Lipinski definition) is 1. The molecule has 0 aliphatic carbocycles. The predicted octanol–water partition coefficient (Wildman–Crippen LogP) is 1.32. The van der Waals surface area contributed by atoms with Gasteiger partial charge in [0.25, 0.3) is 0 Å². The van der Waals surface area contributed by atoms with Crippen LogP contribution in [0.5, 0.6) is 0 Å². The second-order valence-corrected chi connectivity index (χ2v) is 4.24. The minimum absolute atomic E-state index is 0.159. The summed E-state index contributed by atoms with van der Waals surface area (Å²) in [6.07, 6.45) is 7.40. The Labute approximate surface area is 103 Å². The molecule has 1 rings (SSSR count). The molecule has 0 radical (unpaired) electrons. The molecular weight excluding hydrogens is 220 g/mol. The van der Waals surface area contributed by atoms with Gasteiger partial charge in [-0.15, -0.1) is 6.42 Å². The third kappa shape index (κ3) is 3.97. The van der Waals surface area contributed by atoms with E-state index >= 15 is 0 Å². The van der Waals surface area contributed by atoms with Crippen molar-refractivity contribution in [2.45, 2.75) is 57.2 Å². The molecule has 1 aliphatic rings. The maximum atomic E-state index is 10.1. The molecule has 1 fully saturated rings. The van der Waals surface area contributed by atoms with Gasteiger partial charge < -0.3 is 19.3 Å². The molecule has 1 heterocycles. The van der Waals surface area contributed by atoms with Crippen LogP contribution in [-0.4, -0.2) is 43.4 Å². The summed E-state index contributed by atoms with van der Waals surface area (Å²) in [6, 6.07) is 0. The van der Waals surface area contributed by atoms with E-state index in [4.69, 9.17) is 20.6 Å². The highest BCUT2D eigenvalue weighted by Gasteiger charge is 2.44. The molecule has 0 aromatic heterocycles. The zero-order chi connectivity index (χ0) is 12.7. The molecule has 4 heteroatoms. The maximum absolute atomic E-state index is 10.1. The number of aliphatic hydroxyl groups is 1. The van der Waals surface area contributed by atoms with Gasteiger partial charge in [0.05, 0.1) is 6.10 Å². The molecule has 4 atom stereocenters. The van der Waals surface area contributed by atoms with Crippen molar-refractivity contribution >= 4 is 0 Å². The van der Waals surface area contributed by atoms with E-state index in [0.29, 0.717) is 0 Å². The monoisotopic (exact) mass is 242 g/mol. The molecule has 0 unspecified atom stereocenters. The zero-order valence-electron chi connectivity index (χ0n) is 10.6. The van der Waals surface area contributed by atoms with E-state index < -0.39 is 18.5 Å². The summed E-state index contributed by atoms with van der Waals surface area (Å²) in [7, 11) is 1.54. The van der Waals surface area contributed by atoms with Gasteiger partial charge in [-0.05, 0) is 6.42 Å². The largest absolute Gasteiger partial charge is 0.387 e. The Bertz CT molecular complexity index is 248. The zero-order valence-corrected chi connectivity index (χ0v) is 10.6. The second kappa shape index (κ2) is 7.67. The van der Waals surface area contributed by atoms with Crippen LogP contribution in [-0.2, 0) is 14.2 Å². The van der Waals surface area contributed by atoms with Gasteiger partial charge in [-0.2, -0.15) is 0 Å². The quantitative estimate of drug-likeness (QED) is 0.540. The number of hydrogen-bond acceptors (Lipinski definition) is 4. The van der Waals surface area contributed by atoms with Crippen molar-refractivity contribution in [3.05, 3.63) is 0 Å². The maximum Gasteiger partial charge on any atom is 0.186 e. The lowest BCUT2D eigenvalue weighted by atomic mass is 10.0. The van der Waals surface area contributed by atoms with Crippen molar-refractivity contribution < 1.29 is 19.3 Å². The highest BCUT2D eigenvalue weighted by Crippen LogP contribution is 2.27. The first kappa shape index (κ1) is 14.5. The number of unbranched alkanes of at least 4 members (excludes halogenated alkanes) is 2. The van der Waals surface area contributed by atoms with Gasteiger partial charge in [0.2, 0.25) is 0 Å². The SMILES string of the molecule is C#CCO[C@H]1[C@H](OC)O[C@@H](CCCCC)[C@@H]1O. The molecule has 0 aromatic rings. The van der Waals surface area contributed by atoms with Crippen LogP contribution in [0.2, 0.25) is 0 Å². The topological polar surface area (TPSA) is 47.9 Å². The Balaban J connectivity index is 2.45. The second-order valence-electron chi connectivity index (χ2n) is 4.24. The molecule has 1 N–H and O–H groups in total. The van der Waals surface area contributed by atoms with Gasteiger partial charge in [-0.1, -0.05) is 32.1 Å². The minimum Gasteiger partial charge on any atom is -0.387 e. The van der Waals surface area contributed by atoms with Crippen molar-refractivity contribution in [1.29, 1.82) is 0 Å². The van der Waals surface area contributed by atoms with Crippen LogP contribution >= 0.6 is 0 Å². The number of ether oxygens (including phenoxy) is 3. The minimum atomic E-state index is -0.662. The molecule has 0 bridgehead atoms. The first-order valence-electron chi connectivity index (χ1n) is 6.16. The van der Waals surface area contributed by atoms with E-state index in [0.717, 1.165) is 25.7 Å². The molecule has 1 aliphatic heterocycles. The summed E-state index contributed by atoms with van der Waals surface area (Å²) >= 11 is 0.